The molecule has 0 spiro atoms. The lowest BCUT2D eigenvalue weighted by Gasteiger charge is -2.18. The predicted molar refractivity (Wildman–Crippen MR) is 80.5 cm³/mol. The topological polar surface area (TPSA) is 60.4 Å². The zero-order valence-corrected chi connectivity index (χ0v) is 12.9. The minimum absolute atomic E-state index is 0.0658. The number of carbonyl (C=O) groups excluding carboxylic acids is 1. The number of sulfone groups is 1. The van der Waals surface area contributed by atoms with E-state index in [0.29, 0.717) is 17.7 Å². The minimum atomic E-state index is -3.29. The molecule has 0 heterocycles. The van der Waals surface area contributed by atoms with Crippen molar-refractivity contribution in [2.45, 2.75) is 35.8 Å². The van der Waals surface area contributed by atoms with Crippen LogP contribution in [0.2, 0.25) is 0 Å². The third-order valence-corrected chi connectivity index (χ3v) is 6.30. The number of benzene rings is 1. The second-order valence-corrected chi connectivity index (χ2v) is 7.42. The first kappa shape index (κ1) is 15.8. The highest BCUT2D eigenvalue weighted by Gasteiger charge is 2.37. The fraction of sp³-hybridized carbons (Fsp3) is 0.438. The van der Waals surface area contributed by atoms with E-state index in [0.717, 1.165) is 12.8 Å². The van der Waals surface area contributed by atoms with Crippen LogP contribution in [0.3, 0.4) is 0 Å². The SMILES string of the molecule is COC(=O)/C=C/C[C@H]1CCC[C@@H]1S(=O)(=O)c1ccccc1. The van der Waals surface area contributed by atoms with E-state index < -0.39 is 15.8 Å². The number of carbonyl (C=O) groups is 1. The maximum absolute atomic E-state index is 12.7. The maximum Gasteiger partial charge on any atom is 0.330 e. The third kappa shape index (κ3) is 3.73. The Morgan fingerprint density at radius 1 is 1.29 bits per heavy atom. The molecular weight excluding hydrogens is 288 g/mol. The Labute approximate surface area is 125 Å². The zero-order valence-electron chi connectivity index (χ0n) is 12.1. The van der Waals surface area contributed by atoms with Gasteiger partial charge in [0.05, 0.1) is 17.3 Å². The summed E-state index contributed by atoms with van der Waals surface area (Å²) in [6.07, 6.45) is 6.15. The standard InChI is InChI=1S/C16H20O4S/c1-20-16(17)12-6-8-13-7-5-11-15(13)21(18,19)14-9-3-2-4-10-14/h2-4,6,9-10,12-13,15H,5,7-8,11H2,1H3/b12-6+/t13-,15+/m1/s1. The molecule has 2 rings (SSSR count). The summed E-state index contributed by atoms with van der Waals surface area (Å²) in [5, 5.41) is -0.359. The number of ether oxygens (including phenoxy) is 1. The summed E-state index contributed by atoms with van der Waals surface area (Å²) >= 11 is 0. The van der Waals surface area contributed by atoms with Crippen molar-refractivity contribution in [3.63, 3.8) is 0 Å². The number of methoxy groups -OCH3 is 1. The Bertz CT molecular complexity index is 604. The quantitative estimate of drug-likeness (QED) is 0.620. The molecule has 0 aliphatic heterocycles. The molecule has 1 aliphatic rings. The van der Waals surface area contributed by atoms with Gasteiger partial charge in [0.2, 0.25) is 0 Å². The van der Waals surface area contributed by atoms with Crippen molar-refractivity contribution < 1.29 is 17.9 Å². The van der Waals surface area contributed by atoms with Crippen molar-refractivity contribution in [2.75, 3.05) is 7.11 Å². The molecule has 5 heteroatoms. The van der Waals surface area contributed by atoms with Crippen molar-refractivity contribution in [1.29, 1.82) is 0 Å². The maximum atomic E-state index is 12.7. The zero-order chi connectivity index (χ0) is 15.3. The molecule has 1 aromatic carbocycles. The van der Waals surface area contributed by atoms with Crippen molar-refractivity contribution in [1.82, 2.24) is 0 Å². The summed E-state index contributed by atoms with van der Waals surface area (Å²) in [5.41, 5.74) is 0. The van der Waals surface area contributed by atoms with Gasteiger partial charge in [0, 0.05) is 6.08 Å². The molecule has 1 saturated carbocycles. The van der Waals surface area contributed by atoms with Crippen molar-refractivity contribution in [2.24, 2.45) is 5.92 Å². The fourth-order valence-electron chi connectivity index (χ4n) is 2.87. The average Bonchev–Trinajstić information content (AvgIpc) is 2.97. The van der Waals surface area contributed by atoms with E-state index in [1.165, 1.54) is 13.2 Å². The number of hydrogen-bond acceptors (Lipinski definition) is 4. The normalized spacial score (nSPS) is 22.5. The number of esters is 1. The molecule has 0 aromatic heterocycles. The molecule has 0 bridgehead atoms. The highest BCUT2D eigenvalue weighted by molar-refractivity contribution is 7.92. The molecule has 4 nitrogen and oxygen atoms in total. The molecule has 0 N–H and O–H groups in total. The molecular formula is C16H20O4S. The van der Waals surface area contributed by atoms with Crippen LogP contribution in [-0.2, 0) is 19.4 Å². The summed E-state index contributed by atoms with van der Waals surface area (Å²) in [7, 11) is -1.97. The molecule has 1 aromatic rings. The Kier molecular flexibility index (Phi) is 5.17. The van der Waals surface area contributed by atoms with E-state index in [1.54, 1.807) is 30.3 Å². The lowest BCUT2D eigenvalue weighted by atomic mass is 10.0. The first-order valence-electron chi connectivity index (χ1n) is 7.09. The molecule has 21 heavy (non-hydrogen) atoms. The second kappa shape index (κ2) is 6.89. The van der Waals surface area contributed by atoms with Gasteiger partial charge in [-0.2, -0.15) is 0 Å². The molecule has 1 aliphatic carbocycles. The Morgan fingerprint density at radius 3 is 2.67 bits per heavy atom. The number of rotatable bonds is 5. The minimum Gasteiger partial charge on any atom is -0.466 e. The van der Waals surface area contributed by atoms with Gasteiger partial charge in [0.15, 0.2) is 9.84 Å². The highest BCUT2D eigenvalue weighted by Crippen LogP contribution is 2.36. The van der Waals surface area contributed by atoms with Crippen LogP contribution < -0.4 is 0 Å². The Balaban J connectivity index is 2.11. The van der Waals surface area contributed by atoms with Crippen molar-refractivity contribution in [3.05, 3.63) is 42.5 Å². The molecule has 1 fully saturated rings. The van der Waals surface area contributed by atoms with Crippen LogP contribution in [0.25, 0.3) is 0 Å². The van der Waals surface area contributed by atoms with Gasteiger partial charge >= 0.3 is 5.97 Å². The summed E-state index contributed by atoms with van der Waals surface area (Å²) in [6.45, 7) is 0. The van der Waals surface area contributed by atoms with Gasteiger partial charge in [-0.3, -0.25) is 0 Å². The van der Waals surface area contributed by atoms with Gasteiger partial charge < -0.3 is 4.74 Å². The van der Waals surface area contributed by atoms with E-state index in [-0.39, 0.29) is 11.2 Å². The lowest BCUT2D eigenvalue weighted by molar-refractivity contribution is -0.134. The fourth-order valence-corrected chi connectivity index (χ4v) is 4.99. The summed E-state index contributed by atoms with van der Waals surface area (Å²) < 4.78 is 29.9. The van der Waals surface area contributed by atoms with Crippen LogP contribution in [0.15, 0.2) is 47.4 Å². The van der Waals surface area contributed by atoms with E-state index in [9.17, 15) is 13.2 Å². The van der Waals surface area contributed by atoms with Crippen molar-refractivity contribution >= 4 is 15.8 Å². The van der Waals surface area contributed by atoms with Crippen LogP contribution in [0.5, 0.6) is 0 Å². The number of allylic oxidation sites excluding steroid dienone is 1. The summed E-state index contributed by atoms with van der Waals surface area (Å²) in [4.78, 5) is 11.4. The molecule has 0 amide bonds. The highest BCUT2D eigenvalue weighted by atomic mass is 32.2. The van der Waals surface area contributed by atoms with Gasteiger partial charge in [0.1, 0.15) is 0 Å². The predicted octanol–water partition coefficient (Wildman–Crippen LogP) is 2.75. The van der Waals surface area contributed by atoms with Crippen molar-refractivity contribution in [3.8, 4) is 0 Å². The Morgan fingerprint density at radius 2 is 2.00 bits per heavy atom. The summed E-state index contributed by atoms with van der Waals surface area (Å²) in [5.74, 6) is -0.341. The van der Waals surface area contributed by atoms with E-state index in [4.69, 9.17) is 0 Å². The first-order valence-corrected chi connectivity index (χ1v) is 8.63. The smallest absolute Gasteiger partial charge is 0.330 e. The van der Waals surface area contributed by atoms with Crippen LogP contribution >= 0.6 is 0 Å². The summed E-state index contributed by atoms with van der Waals surface area (Å²) in [6, 6.07) is 8.59. The van der Waals surface area contributed by atoms with Gasteiger partial charge in [-0.1, -0.05) is 30.7 Å². The Hall–Kier alpha value is -1.62. The average molecular weight is 308 g/mol. The monoisotopic (exact) mass is 308 g/mol. The molecule has 0 unspecified atom stereocenters. The van der Waals surface area contributed by atoms with Crippen LogP contribution in [0, 0.1) is 5.92 Å². The molecule has 0 radical (unpaired) electrons. The third-order valence-electron chi connectivity index (χ3n) is 3.95. The van der Waals surface area contributed by atoms with E-state index >= 15 is 0 Å². The molecule has 0 saturated heterocycles. The lowest BCUT2D eigenvalue weighted by Crippen LogP contribution is -2.25. The largest absolute Gasteiger partial charge is 0.466 e. The second-order valence-electron chi connectivity index (χ2n) is 5.25. The van der Waals surface area contributed by atoms with E-state index in [1.807, 2.05) is 6.07 Å². The van der Waals surface area contributed by atoms with Crippen LogP contribution in [0.4, 0.5) is 0 Å². The van der Waals surface area contributed by atoms with Crippen LogP contribution in [-0.4, -0.2) is 26.7 Å². The van der Waals surface area contributed by atoms with Gasteiger partial charge in [-0.15, -0.1) is 0 Å². The van der Waals surface area contributed by atoms with Gasteiger partial charge in [-0.05, 0) is 37.3 Å². The number of hydrogen-bond donors (Lipinski definition) is 0. The van der Waals surface area contributed by atoms with Gasteiger partial charge in [-0.25, -0.2) is 13.2 Å². The molecule has 2 atom stereocenters. The molecule has 114 valence electrons. The van der Waals surface area contributed by atoms with Gasteiger partial charge in [0.25, 0.3) is 0 Å². The van der Waals surface area contributed by atoms with E-state index in [2.05, 4.69) is 4.74 Å². The van der Waals surface area contributed by atoms with Crippen LogP contribution in [0.1, 0.15) is 25.7 Å². The first-order chi connectivity index (χ1) is 10.1.